The molecule has 4 aromatic rings. The number of carbonyl (C=O) groups is 4. The summed E-state index contributed by atoms with van der Waals surface area (Å²) in [6, 6.07) is 12.0. The number of fused-ring (bicyclic) bond motifs is 8. The molecule has 0 radical (unpaired) electrons. The Hall–Kier alpha value is -6.04. The van der Waals surface area contributed by atoms with Crippen molar-refractivity contribution in [1.29, 1.82) is 0 Å². The van der Waals surface area contributed by atoms with E-state index in [-0.39, 0.29) is 73.2 Å². The van der Waals surface area contributed by atoms with E-state index in [4.69, 9.17) is 20.4 Å². The molecule has 3 aromatic heterocycles. The van der Waals surface area contributed by atoms with E-state index in [9.17, 15) is 44.7 Å². The van der Waals surface area contributed by atoms with Gasteiger partial charge in [-0.3, -0.25) is 9.59 Å². The van der Waals surface area contributed by atoms with Crippen molar-refractivity contribution < 1.29 is 49.4 Å². The molecule has 0 aliphatic carbocycles. The number of nitrogens with one attached hydrogen (secondary N) is 2. The maximum atomic E-state index is 13.0. The molecule has 66 heavy (non-hydrogen) atoms. The van der Waals surface area contributed by atoms with Crippen LogP contribution in [0, 0.1) is 13.8 Å². The van der Waals surface area contributed by atoms with E-state index in [0.717, 1.165) is 36.3 Å². The summed E-state index contributed by atoms with van der Waals surface area (Å²) in [5.41, 5.74) is 14.7. The summed E-state index contributed by atoms with van der Waals surface area (Å²) < 4.78 is 5.18. The summed E-state index contributed by atoms with van der Waals surface area (Å²) in [7, 11) is 0. The monoisotopic (exact) mass is 950 g/mol. The fourth-order valence-corrected chi connectivity index (χ4v) is 8.14. The van der Waals surface area contributed by atoms with E-state index in [1.807, 2.05) is 13.8 Å². The van der Waals surface area contributed by atoms with Gasteiger partial charge in [0.25, 0.3) is 0 Å². The molecule has 0 saturated heterocycles. The van der Waals surface area contributed by atoms with Crippen molar-refractivity contribution in [2.45, 2.75) is 93.3 Å². The lowest BCUT2D eigenvalue weighted by atomic mass is 9.97. The highest BCUT2D eigenvalue weighted by Gasteiger charge is 2.29. The number of H-pyrrole nitrogens is 2. The average Bonchev–Trinajstić information content (AvgIpc) is 3.91. The van der Waals surface area contributed by atoms with Crippen LogP contribution in [0.2, 0.25) is 0 Å². The second kappa shape index (κ2) is 23.4. The third-order valence-electron chi connectivity index (χ3n) is 11.7. The van der Waals surface area contributed by atoms with Crippen LogP contribution in [0.1, 0.15) is 133 Å². The number of carboxylic acids is 3. The molecule has 0 spiro atoms. The number of nitrogens with zero attached hydrogens (tertiary/aromatic N) is 3. The fourth-order valence-electron chi connectivity index (χ4n) is 8.14. The third kappa shape index (κ3) is 12.2. The number of aliphatic carboxylic acids is 2. The van der Waals surface area contributed by atoms with Gasteiger partial charge in [0, 0.05) is 52.8 Å². The maximum Gasteiger partial charge on any atom is 0.340 e. The van der Waals surface area contributed by atoms with Crippen LogP contribution >= 0.6 is 24.8 Å². The Kier molecular flexibility index (Phi) is 19.3. The fraction of sp³-hybridized carbons (Fsp3) is 0.375. The number of carboxylic acid groups (broad SMARTS) is 3. The molecule has 2 atom stereocenters. The number of likely N-dealkylation sites (N-methyl/N-ethyl adjacent to an activating group) is 1. The Morgan fingerprint density at radius 2 is 1.32 bits per heavy atom. The van der Waals surface area contributed by atoms with Crippen molar-refractivity contribution >= 4 is 98.7 Å². The summed E-state index contributed by atoms with van der Waals surface area (Å²) in [4.78, 5) is 66.2. The number of anilines is 1. The molecule has 2 aliphatic heterocycles. The number of aliphatic hydroxyl groups excluding tert-OH is 2. The van der Waals surface area contributed by atoms with Gasteiger partial charge < -0.3 is 50.9 Å². The molecule has 0 fully saturated rings. The predicted octanol–water partition coefficient (Wildman–Crippen LogP) is 8.42. The number of rotatable bonds is 15. The van der Waals surface area contributed by atoms with Crippen LogP contribution < -0.4 is 5.73 Å². The summed E-state index contributed by atoms with van der Waals surface area (Å²) in [5.74, 6) is -3.51. The van der Waals surface area contributed by atoms with Gasteiger partial charge in [0.15, 0.2) is 0 Å². The minimum absolute atomic E-state index is 0. The van der Waals surface area contributed by atoms with Crippen LogP contribution in [0.3, 0.4) is 0 Å². The first kappa shape index (κ1) is 54.3. The molecule has 18 heteroatoms. The first-order chi connectivity index (χ1) is 30.3. The Labute approximate surface area is 395 Å². The molecule has 0 saturated carbocycles. The molecule has 356 valence electrons. The number of aromatic carboxylic acids is 1. The normalized spacial score (nSPS) is 13.0. The van der Waals surface area contributed by atoms with Crippen LogP contribution in [0.4, 0.5) is 5.69 Å². The zero-order valence-corrected chi connectivity index (χ0v) is 40.0. The Balaban J connectivity index is 0.000000515. The van der Waals surface area contributed by atoms with Crippen molar-refractivity contribution in [2.75, 3.05) is 32.0 Å². The quantitative estimate of drug-likeness (QED) is 0.0411. The highest BCUT2D eigenvalue weighted by molar-refractivity contribution is 6.06. The van der Waals surface area contributed by atoms with E-state index < -0.39 is 30.1 Å². The van der Waals surface area contributed by atoms with Gasteiger partial charge in [-0.05, 0) is 143 Å². The van der Waals surface area contributed by atoms with Gasteiger partial charge in [-0.15, -0.1) is 24.8 Å². The van der Waals surface area contributed by atoms with E-state index in [2.05, 4.69) is 28.7 Å². The molecule has 9 N–H and O–H groups in total. The van der Waals surface area contributed by atoms with Gasteiger partial charge in [-0.1, -0.05) is 13.8 Å². The number of aromatic amines is 2. The number of aryl methyl sites for hydroxylation is 3. The lowest BCUT2D eigenvalue weighted by molar-refractivity contribution is -0.137. The van der Waals surface area contributed by atoms with Crippen LogP contribution in [-0.4, -0.2) is 107 Å². The number of hydrogen-bond acceptors (Lipinski definition) is 11. The molecule has 2 aliphatic rings. The topological polar surface area (TPSA) is 265 Å². The Bertz CT molecular complexity index is 2700. The highest BCUT2D eigenvalue weighted by Crippen LogP contribution is 2.39. The van der Waals surface area contributed by atoms with Crippen molar-refractivity contribution in [1.82, 2.24) is 24.8 Å². The van der Waals surface area contributed by atoms with Gasteiger partial charge in [0.1, 0.15) is 12.2 Å². The molecule has 2 unspecified atom stereocenters. The lowest BCUT2D eigenvalue weighted by Gasteiger charge is -2.17. The Morgan fingerprint density at radius 3 is 1.88 bits per heavy atom. The standard InChI is InChI=1S/C35H38N4O8.C13H20N2O2.2ClH/c1-14-20(7-9-28(42)43)25-13-26-21(8-10-29(44)45)15(2)23(37-26)12-27-30(18(5)40)17(4)33(39-27)32(35(46)47)34-31(19(6)41)16(3)24(38-34)11-22(14)36-25;1-3-15(4-2)9-10-17-13(16)11-5-7-12(14)8-6-11;;/h11-13,18-19,37-38,40-41H,7-10H2,1-6H3,(H,42,43)(H,44,45)(H,46,47);5-8H,3-4,9-10,14H2,1-2H3;2*1H. The number of benzene rings is 1. The molecule has 16 nitrogen and oxygen atoms in total. The number of nitrogen functional groups attached to an aromatic ring is 1. The maximum absolute atomic E-state index is 13.0. The van der Waals surface area contributed by atoms with E-state index in [1.54, 1.807) is 70.2 Å². The minimum Gasteiger partial charge on any atom is -0.481 e. The zero-order chi connectivity index (χ0) is 47.2. The summed E-state index contributed by atoms with van der Waals surface area (Å²) in [5, 5.41) is 51.3. The first-order valence-electron chi connectivity index (χ1n) is 21.2. The van der Waals surface area contributed by atoms with Gasteiger partial charge in [0.2, 0.25) is 0 Å². The minimum atomic E-state index is -1.28. The van der Waals surface area contributed by atoms with E-state index in [0.29, 0.717) is 79.3 Å². The lowest BCUT2D eigenvalue weighted by Crippen LogP contribution is -2.27. The molecular weight excluding hydrogens is 891 g/mol. The van der Waals surface area contributed by atoms with Crippen molar-refractivity contribution in [2.24, 2.45) is 0 Å². The number of allylic oxidation sites excluding steroid dienone is 3. The molecular formula is C48H60Cl2N6O10. The molecule has 5 heterocycles. The van der Waals surface area contributed by atoms with Gasteiger partial charge in [0.05, 0.1) is 46.1 Å². The van der Waals surface area contributed by atoms with Crippen LogP contribution in [0.15, 0.2) is 42.5 Å². The molecule has 1 aromatic carbocycles. The first-order valence-corrected chi connectivity index (χ1v) is 21.2. The number of carbonyl (C=O) groups excluding carboxylic acids is 1. The third-order valence-corrected chi connectivity index (χ3v) is 11.7. The summed E-state index contributed by atoms with van der Waals surface area (Å²) >= 11 is 0. The number of aromatic nitrogens is 4. The predicted molar refractivity (Wildman–Crippen MR) is 261 cm³/mol. The van der Waals surface area contributed by atoms with Crippen molar-refractivity contribution in [3.63, 3.8) is 0 Å². The van der Waals surface area contributed by atoms with Crippen molar-refractivity contribution in [3.05, 3.63) is 98.6 Å². The number of aliphatic hydroxyl groups is 2. The molecule has 0 amide bonds. The van der Waals surface area contributed by atoms with Gasteiger partial charge >= 0.3 is 23.9 Å². The summed E-state index contributed by atoms with van der Waals surface area (Å²) in [6.45, 7) is 17.6. The van der Waals surface area contributed by atoms with Crippen LogP contribution in [-0.2, 0) is 20.7 Å². The second-order valence-corrected chi connectivity index (χ2v) is 15.9. The highest BCUT2D eigenvalue weighted by atomic mass is 35.5. The Morgan fingerprint density at radius 1 is 0.742 bits per heavy atom. The second-order valence-electron chi connectivity index (χ2n) is 15.9. The van der Waals surface area contributed by atoms with E-state index in [1.165, 1.54) is 0 Å². The molecule has 8 bridgehead atoms. The number of ether oxygens (including phenoxy) is 1. The molecule has 6 rings (SSSR count). The van der Waals surface area contributed by atoms with Gasteiger partial charge in [-0.25, -0.2) is 19.6 Å². The van der Waals surface area contributed by atoms with Gasteiger partial charge in [-0.2, -0.15) is 0 Å². The number of esters is 1. The van der Waals surface area contributed by atoms with Crippen molar-refractivity contribution in [3.8, 4) is 0 Å². The van der Waals surface area contributed by atoms with Crippen LogP contribution in [0.25, 0.3) is 44.4 Å². The average molecular weight is 952 g/mol. The van der Waals surface area contributed by atoms with E-state index >= 15 is 0 Å². The smallest absolute Gasteiger partial charge is 0.340 e. The van der Waals surface area contributed by atoms with Crippen LogP contribution in [0.5, 0.6) is 0 Å². The summed E-state index contributed by atoms with van der Waals surface area (Å²) in [6.07, 6.45) is -1.94. The largest absolute Gasteiger partial charge is 0.481 e. The number of hydrogen-bond donors (Lipinski definition) is 8. The zero-order valence-electron chi connectivity index (χ0n) is 38.4. The SMILES string of the molecule is CC1=C(CCC(=O)O)c2cc3[nH]c(cc4nc(c(C(=O)O)c5[nH]c(cc1n2)c(C)c5C(C)O)C(C)=C4C(C)O)c(C)c3CCC(=O)O.CCN(CC)CCOC(=O)c1ccc(N)cc1.Cl.Cl. The number of halogens is 2. The number of nitrogens with two attached hydrogens (primary N) is 1.